The van der Waals surface area contributed by atoms with E-state index in [-0.39, 0.29) is 12.5 Å². The summed E-state index contributed by atoms with van der Waals surface area (Å²) in [7, 11) is 1.44. The highest BCUT2D eigenvalue weighted by molar-refractivity contribution is 7.98. The van der Waals surface area contributed by atoms with Gasteiger partial charge in [-0.05, 0) is 42.7 Å². The summed E-state index contributed by atoms with van der Waals surface area (Å²) in [5.41, 5.74) is 0.662. The highest BCUT2D eigenvalue weighted by atomic mass is 32.2. The Morgan fingerprint density at radius 2 is 1.76 bits per heavy atom. The standard InChI is InChI=1S/C20H21FN2O5S/c1-23(11-18(24)22-16-5-3-4-6-17(16)29-2)19(25)12-28-20(26)13-27-15-9-7-14(21)8-10-15/h3-10H,11-13H2,1-2H3,(H,22,24). The number of hydrogen-bond acceptors (Lipinski definition) is 6. The zero-order valence-electron chi connectivity index (χ0n) is 16.0. The van der Waals surface area contributed by atoms with Crippen LogP contribution in [0.25, 0.3) is 0 Å². The van der Waals surface area contributed by atoms with E-state index in [1.165, 1.54) is 43.1 Å². The lowest BCUT2D eigenvalue weighted by atomic mass is 10.3. The molecular formula is C20H21FN2O5S. The number of carbonyl (C=O) groups excluding carboxylic acids is 3. The molecule has 0 aliphatic carbocycles. The van der Waals surface area contributed by atoms with Crippen LogP contribution >= 0.6 is 11.8 Å². The Labute approximate surface area is 172 Å². The molecule has 154 valence electrons. The SMILES string of the molecule is CSc1ccccc1NC(=O)CN(C)C(=O)COC(=O)COc1ccc(F)cc1. The number of benzene rings is 2. The smallest absolute Gasteiger partial charge is 0.344 e. The van der Waals surface area contributed by atoms with Gasteiger partial charge in [0.1, 0.15) is 11.6 Å². The molecule has 2 aromatic carbocycles. The lowest BCUT2D eigenvalue weighted by Crippen LogP contribution is -2.37. The largest absolute Gasteiger partial charge is 0.482 e. The Balaban J connectivity index is 1.73. The van der Waals surface area contributed by atoms with Gasteiger partial charge in [-0.25, -0.2) is 9.18 Å². The molecule has 1 N–H and O–H groups in total. The van der Waals surface area contributed by atoms with E-state index in [2.05, 4.69) is 5.32 Å². The number of amides is 2. The van der Waals surface area contributed by atoms with Crippen molar-refractivity contribution in [1.82, 2.24) is 4.90 Å². The van der Waals surface area contributed by atoms with E-state index in [1.54, 1.807) is 12.1 Å². The molecule has 0 saturated carbocycles. The number of rotatable bonds is 9. The summed E-state index contributed by atoms with van der Waals surface area (Å²) < 4.78 is 22.8. The minimum Gasteiger partial charge on any atom is -0.482 e. The number of likely N-dealkylation sites (N-methyl/N-ethyl adjacent to an activating group) is 1. The molecule has 9 heteroatoms. The highest BCUT2D eigenvalue weighted by Crippen LogP contribution is 2.24. The van der Waals surface area contributed by atoms with Crippen molar-refractivity contribution in [3.8, 4) is 5.75 Å². The van der Waals surface area contributed by atoms with Crippen molar-refractivity contribution in [3.05, 3.63) is 54.3 Å². The van der Waals surface area contributed by atoms with E-state index >= 15 is 0 Å². The maximum atomic E-state index is 12.8. The fraction of sp³-hybridized carbons (Fsp3) is 0.250. The van der Waals surface area contributed by atoms with Gasteiger partial charge in [0.2, 0.25) is 5.91 Å². The van der Waals surface area contributed by atoms with Crippen LogP contribution in [0.15, 0.2) is 53.4 Å². The van der Waals surface area contributed by atoms with Crippen LogP contribution in [0.1, 0.15) is 0 Å². The lowest BCUT2D eigenvalue weighted by molar-refractivity contribution is -0.153. The molecule has 0 saturated heterocycles. The zero-order valence-corrected chi connectivity index (χ0v) is 16.8. The van der Waals surface area contributed by atoms with Crippen molar-refractivity contribution in [2.24, 2.45) is 0 Å². The Morgan fingerprint density at radius 1 is 1.07 bits per heavy atom. The molecule has 0 unspecified atom stereocenters. The van der Waals surface area contributed by atoms with Crippen molar-refractivity contribution in [2.45, 2.75) is 4.90 Å². The van der Waals surface area contributed by atoms with Crippen LogP contribution in [-0.2, 0) is 19.1 Å². The van der Waals surface area contributed by atoms with Gasteiger partial charge in [0.05, 0.1) is 12.2 Å². The van der Waals surface area contributed by atoms with Crippen molar-refractivity contribution in [1.29, 1.82) is 0 Å². The van der Waals surface area contributed by atoms with Crippen LogP contribution in [0.5, 0.6) is 5.75 Å². The van der Waals surface area contributed by atoms with Crippen molar-refractivity contribution < 1.29 is 28.2 Å². The summed E-state index contributed by atoms with van der Waals surface area (Å²) in [6.07, 6.45) is 1.90. The second-order valence-electron chi connectivity index (χ2n) is 5.90. The van der Waals surface area contributed by atoms with E-state index in [1.807, 2.05) is 18.4 Å². The quantitative estimate of drug-likeness (QED) is 0.496. The third kappa shape index (κ3) is 7.46. The molecule has 0 aromatic heterocycles. The Morgan fingerprint density at radius 3 is 2.45 bits per heavy atom. The number of para-hydroxylation sites is 1. The Bertz CT molecular complexity index is 860. The molecule has 0 aliphatic heterocycles. The molecule has 29 heavy (non-hydrogen) atoms. The number of hydrogen-bond donors (Lipinski definition) is 1. The van der Waals surface area contributed by atoms with Gasteiger partial charge in [0.25, 0.3) is 5.91 Å². The van der Waals surface area contributed by atoms with Crippen LogP contribution in [0, 0.1) is 5.82 Å². The normalized spacial score (nSPS) is 10.2. The summed E-state index contributed by atoms with van der Waals surface area (Å²) in [6, 6.07) is 12.5. The summed E-state index contributed by atoms with van der Waals surface area (Å²) in [6.45, 7) is -1.13. The first kappa shape index (κ1) is 22.2. The first-order valence-electron chi connectivity index (χ1n) is 8.60. The van der Waals surface area contributed by atoms with Gasteiger partial charge in [-0.3, -0.25) is 9.59 Å². The van der Waals surface area contributed by atoms with Crippen LogP contribution in [0.3, 0.4) is 0 Å². The lowest BCUT2D eigenvalue weighted by Gasteiger charge is -2.17. The van der Waals surface area contributed by atoms with Gasteiger partial charge in [0, 0.05) is 11.9 Å². The monoisotopic (exact) mass is 420 g/mol. The van der Waals surface area contributed by atoms with Crippen LogP contribution in [0.2, 0.25) is 0 Å². The molecule has 0 aliphatic rings. The number of thioether (sulfide) groups is 1. The maximum Gasteiger partial charge on any atom is 0.344 e. The van der Waals surface area contributed by atoms with E-state index in [0.717, 1.165) is 9.80 Å². The second-order valence-corrected chi connectivity index (χ2v) is 6.75. The predicted molar refractivity (Wildman–Crippen MR) is 107 cm³/mol. The number of halogens is 1. The van der Waals surface area contributed by atoms with Gasteiger partial charge in [-0.2, -0.15) is 0 Å². The second kappa shape index (κ2) is 11.1. The average Bonchev–Trinajstić information content (AvgIpc) is 2.71. The third-order valence-corrected chi connectivity index (χ3v) is 4.51. The maximum absolute atomic E-state index is 12.8. The number of anilines is 1. The van der Waals surface area contributed by atoms with Crippen LogP contribution in [-0.4, -0.2) is 55.7 Å². The first-order chi connectivity index (χ1) is 13.9. The molecule has 7 nitrogen and oxygen atoms in total. The molecule has 0 fully saturated rings. The summed E-state index contributed by atoms with van der Waals surface area (Å²) >= 11 is 1.49. The summed E-state index contributed by atoms with van der Waals surface area (Å²) in [5, 5.41) is 2.75. The van der Waals surface area contributed by atoms with Crippen LogP contribution in [0.4, 0.5) is 10.1 Å². The Hall–Kier alpha value is -3.07. The molecule has 0 bridgehead atoms. The molecule has 2 rings (SSSR count). The molecule has 0 radical (unpaired) electrons. The molecule has 0 heterocycles. The van der Waals surface area contributed by atoms with Gasteiger partial charge in [0.15, 0.2) is 13.2 Å². The number of esters is 1. The topological polar surface area (TPSA) is 84.9 Å². The predicted octanol–water partition coefficient (Wildman–Crippen LogP) is 2.57. The molecular weight excluding hydrogens is 399 g/mol. The van der Waals surface area contributed by atoms with Gasteiger partial charge >= 0.3 is 5.97 Å². The van der Waals surface area contributed by atoms with Crippen molar-refractivity contribution in [3.63, 3.8) is 0 Å². The number of carbonyl (C=O) groups is 3. The van der Waals surface area contributed by atoms with E-state index in [4.69, 9.17) is 9.47 Å². The molecule has 2 amide bonds. The van der Waals surface area contributed by atoms with Crippen molar-refractivity contribution in [2.75, 3.05) is 38.4 Å². The minimum absolute atomic E-state index is 0.189. The Kier molecular flexibility index (Phi) is 8.47. The minimum atomic E-state index is -0.755. The van der Waals surface area contributed by atoms with Gasteiger partial charge in [-0.15, -0.1) is 11.8 Å². The zero-order chi connectivity index (χ0) is 21.2. The summed E-state index contributed by atoms with van der Waals surface area (Å²) in [4.78, 5) is 37.9. The fourth-order valence-corrected chi connectivity index (χ4v) is 2.76. The highest BCUT2D eigenvalue weighted by Gasteiger charge is 2.16. The van der Waals surface area contributed by atoms with Gasteiger partial charge in [-0.1, -0.05) is 12.1 Å². The van der Waals surface area contributed by atoms with E-state index in [0.29, 0.717) is 11.4 Å². The van der Waals surface area contributed by atoms with Gasteiger partial charge < -0.3 is 19.7 Å². The van der Waals surface area contributed by atoms with E-state index < -0.39 is 30.9 Å². The van der Waals surface area contributed by atoms with Crippen molar-refractivity contribution >= 4 is 35.2 Å². The first-order valence-corrected chi connectivity index (χ1v) is 9.82. The number of nitrogens with zero attached hydrogens (tertiary/aromatic N) is 1. The molecule has 0 atom stereocenters. The summed E-state index contributed by atoms with van der Waals surface area (Å²) in [5.74, 6) is -1.78. The third-order valence-electron chi connectivity index (χ3n) is 3.71. The number of nitrogens with one attached hydrogen (secondary N) is 1. The number of ether oxygens (including phenoxy) is 2. The van der Waals surface area contributed by atoms with E-state index in [9.17, 15) is 18.8 Å². The van der Waals surface area contributed by atoms with Crippen LogP contribution < -0.4 is 10.1 Å². The fourth-order valence-electron chi connectivity index (χ4n) is 2.21. The molecule has 2 aromatic rings. The molecule has 0 spiro atoms. The average molecular weight is 420 g/mol.